The van der Waals surface area contributed by atoms with Gasteiger partial charge in [0.2, 0.25) is 0 Å². The molecule has 0 aliphatic carbocycles. The molecule has 112 heavy (non-hydrogen) atoms. The number of benzene rings is 6. The van der Waals surface area contributed by atoms with Crippen LogP contribution in [-0.4, -0.2) is 46.4 Å². The standard InChI is InChI=1S/C104H124N4O4/c1-5-9-13-17-21-25-29-33-37-45-73-109-97-77-93-85-61-53-81(54-62-85)49-41-42-50-83-57-65-87(66-58-83)95-79-99(111-75-47-39-35-31-27-23-19-15-11-7-3)91-71-72-92-100(112-76-48-40-36-32-28-24-20-16-12-8-4)80-96(108-104(92)103(91)107-95)88-67-59-84(60-68-88)52-44-43-51-82-55-63-86(64-56-82)94-78-98(90-70-69-89(97)101(105-93)102(90)106-94)110-74-46-38-34-30-26-22-18-14-10-6-2/h53-72,77-80H,5-40,45-48,73-76H2,1-4H3. The summed E-state index contributed by atoms with van der Waals surface area (Å²) in [4.78, 5) is 22.0. The zero-order valence-electron chi connectivity index (χ0n) is 68.4. The Morgan fingerprint density at radius 1 is 0.205 bits per heavy atom. The van der Waals surface area contributed by atoms with Gasteiger partial charge >= 0.3 is 0 Å². The van der Waals surface area contributed by atoms with E-state index in [4.69, 9.17) is 38.9 Å². The van der Waals surface area contributed by atoms with Gasteiger partial charge in [-0.15, -0.1) is 0 Å². The molecule has 0 saturated carbocycles. The van der Waals surface area contributed by atoms with Crippen LogP contribution in [0.3, 0.4) is 0 Å². The Hall–Kier alpha value is -9.60. The third-order valence-corrected chi connectivity index (χ3v) is 22.1. The summed E-state index contributed by atoms with van der Waals surface area (Å²) in [5.41, 5.74) is 13.5. The van der Waals surface area contributed by atoms with Crippen LogP contribution in [0.5, 0.6) is 23.0 Å². The fourth-order valence-corrected chi connectivity index (χ4v) is 15.3. The lowest BCUT2D eigenvalue weighted by Crippen LogP contribution is -2.02. The number of aromatic nitrogens is 4. The van der Waals surface area contributed by atoms with E-state index in [9.17, 15) is 0 Å². The van der Waals surface area contributed by atoms with E-state index in [0.717, 1.165) is 185 Å². The van der Waals surface area contributed by atoms with Gasteiger partial charge in [-0.2, -0.15) is 0 Å². The molecule has 10 aromatic rings. The van der Waals surface area contributed by atoms with Crippen LogP contribution in [0.25, 0.3) is 88.6 Å². The predicted molar refractivity (Wildman–Crippen MR) is 473 cm³/mol. The lowest BCUT2D eigenvalue weighted by Gasteiger charge is -2.16. The lowest BCUT2D eigenvalue weighted by molar-refractivity contribution is 0.307. The summed E-state index contributed by atoms with van der Waals surface area (Å²) < 4.78 is 27.4. The number of hydrogen-bond donors (Lipinski definition) is 0. The Morgan fingerprint density at radius 3 is 0.554 bits per heavy atom. The molecule has 0 amide bonds. The highest BCUT2D eigenvalue weighted by Crippen LogP contribution is 2.42. The maximum Gasteiger partial charge on any atom is 0.130 e. The van der Waals surface area contributed by atoms with Crippen LogP contribution in [0.1, 0.15) is 307 Å². The summed E-state index contributed by atoms with van der Waals surface area (Å²) in [7, 11) is 0. The van der Waals surface area contributed by atoms with Crippen LogP contribution in [0, 0.1) is 47.4 Å². The summed E-state index contributed by atoms with van der Waals surface area (Å²) in [5, 5.41) is 3.69. The van der Waals surface area contributed by atoms with Gasteiger partial charge in [-0.3, -0.25) is 0 Å². The van der Waals surface area contributed by atoms with Gasteiger partial charge in [0, 0.05) is 90.3 Å². The van der Waals surface area contributed by atoms with E-state index in [1.165, 1.54) is 205 Å². The second-order valence-electron chi connectivity index (χ2n) is 31.2. The topological polar surface area (TPSA) is 88.5 Å². The van der Waals surface area contributed by atoms with Crippen molar-refractivity contribution < 1.29 is 18.9 Å². The highest BCUT2D eigenvalue weighted by molar-refractivity contribution is 6.10. The maximum atomic E-state index is 6.86. The van der Waals surface area contributed by atoms with Crippen molar-refractivity contribution in [1.82, 2.24) is 19.9 Å². The number of pyridine rings is 4. The van der Waals surface area contributed by atoms with Crippen molar-refractivity contribution in [3.63, 3.8) is 0 Å². The molecule has 4 aromatic heterocycles. The molecule has 0 N–H and O–H groups in total. The molecule has 8 nitrogen and oxygen atoms in total. The third kappa shape index (κ3) is 26.2. The average Bonchev–Trinajstić information content (AvgIpc) is 0.755. The first-order valence-corrected chi connectivity index (χ1v) is 44.0. The molecule has 11 heterocycles. The second-order valence-corrected chi connectivity index (χ2v) is 31.2. The van der Waals surface area contributed by atoms with E-state index in [1.54, 1.807) is 0 Å². The smallest absolute Gasteiger partial charge is 0.130 e. The summed E-state index contributed by atoms with van der Waals surface area (Å²) in [6.45, 7) is 11.6. The van der Waals surface area contributed by atoms with Crippen molar-refractivity contribution in [2.24, 2.45) is 0 Å². The molecule has 0 radical (unpaired) electrons. The first-order chi connectivity index (χ1) is 55.5. The number of unbranched alkanes of at least 4 members (excludes halogenated alkanes) is 36. The summed E-state index contributed by atoms with van der Waals surface area (Å²) in [6.07, 6.45) is 50.3. The first kappa shape index (κ1) is 83.3. The summed E-state index contributed by atoms with van der Waals surface area (Å²) in [6, 6.07) is 50.2. The molecule has 7 aliphatic rings. The Labute approximate surface area is 672 Å². The van der Waals surface area contributed by atoms with E-state index < -0.39 is 0 Å². The number of hydrogen-bond acceptors (Lipinski definition) is 8. The van der Waals surface area contributed by atoms with Crippen LogP contribution in [0.2, 0.25) is 0 Å². The highest BCUT2D eigenvalue weighted by atomic mass is 16.5. The summed E-state index contributed by atoms with van der Waals surface area (Å²) in [5.74, 6) is 29.1. The molecule has 6 aromatic carbocycles. The predicted octanol–water partition coefficient (Wildman–Crippen LogP) is 28.9. The van der Waals surface area contributed by atoms with Gasteiger partial charge in [0.15, 0.2) is 0 Å². The minimum Gasteiger partial charge on any atom is -0.493 e. The Bertz CT molecular complexity index is 4190. The Morgan fingerprint density at radius 2 is 0.375 bits per heavy atom. The molecule has 17 rings (SSSR count). The molecule has 0 atom stereocenters. The van der Waals surface area contributed by atoms with Crippen molar-refractivity contribution in [3.05, 3.63) is 168 Å². The van der Waals surface area contributed by atoms with Crippen molar-refractivity contribution in [3.8, 4) is 115 Å². The quantitative estimate of drug-likeness (QED) is 0.0212. The van der Waals surface area contributed by atoms with Gasteiger partial charge < -0.3 is 18.9 Å². The first-order valence-electron chi connectivity index (χ1n) is 44.0. The van der Waals surface area contributed by atoms with Gasteiger partial charge in [-0.05, 0) is 122 Å². The van der Waals surface area contributed by atoms with Gasteiger partial charge in [0.1, 0.15) is 45.1 Å². The van der Waals surface area contributed by atoms with E-state index in [1.807, 2.05) is 0 Å². The molecule has 16 bridgehead atoms. The zero-order valence-corrected chi connectivity index (χ0v) is 68.4. The van der Waals surface area contributed by atoms with Crippen LogP contribution in [0.15, 0.2) is 146 Å². The molecular formula is C104H124N4O4. The molecule has 584 valence electrons. The molecular weight excluding hydrogens is 1370 g/mol. The van der Waals surface area contributed by atoms with Crippen LogP contribution < -0.4 is 18.9 Å². The highest BCUT2D eigenvalue weighted by Gasteiger charge is 2.21. The zero-order chi connectivity index (χ0) is 77.3. The van der Waals surface area contributed by atoms with Gasteiger partial charge in [-0.1, -0.05) is 331 Å². The fraction of sp³-hybridized carbons (Fsp3) is 0.462. The number of ether oxygens (including phenoxy) is 4. The largest absolute Gasteiger partial charge is 0.493 e. The van der Waals surface area contributed by atoms with Gasteiger partial charge in [0.25, 0.3) is 0 Å². The minimum atomic E-state index is 0.617. The maximum absolute atomic E-state index is 6.86. The minimum absolute atomic E-state index is 0.617. The Kier molecular flexibility index (Phi) is 35.5. The molecule has 8 heteroatoms. The number of nitrogens with zero attached hydrogens (tertiary/aromatic N) is 4. The van der Waals surface area contributed by atoms with Gasteiger partial charge in [-0.25, -0.2) is 19.9 Å². The fourth-order valence-electron chi connectivity index (χ4n) is 15.3. The second kappa shape index (κ2) is 47.7. The van der Waals surface area contributed by atoms with E-state index in [0.29, 0.717) is 26.4 Å². The monoisotopic (exact) mass is 1490 g/mol. The summed E-state index contributed by atoms with van der Waals surface area (Å²) >= 11 is 0. The molecule has 0 unspecified atom stereocenters. The van der Waals surface area contributed by atoms with Crippen molar-refractivity contribution in [1.29, 1.82) is 0 Å². The van der Waals surface area contributed by atoms with Gasteiger partial charge in [0.05, 0.1) is 49.2 Å². The lowest BCUT2D eigenvalue weighted by atomic mass is 10.0. The van der Waals surface area contributed by atoms with Crippen molar-refractivity contribution in [2.45, 2.75) is 285 Å². The Balaban J connectivity index is 0.922. The third-order valence-electron chi connectivity index (χ3n) is 22.1. The van der Waals surface area contributed by atoms with Crippen LogP contribution >= 0.6 is 0 Å². The average molecular weight is 1490 g/mol. The molecule has 0 saturated heterocycles. The molecule has 0 spiro atoms. The number of rotatable bonds is 48. The SMILES string of the molecule is CCCCCCCCCCCCOc1cc2nc3c1ccc1c(OCCCCCCCCCCCC)cc(nc13)-c1ccc(cc1)C#CC#Cc1ccc(cc1)-c1cc(OCCCCCCCCCCCC)c3ccc4c(OCCCCCCCCCCCC)cc(nc4c3n1)-c1ccc(cc1)C#CC#Cc1ccc-2cc1. The normalized spacial score (nSPS) is 11.5. The van der Waals surface area contributed by atoms with Crippen LogP contribution in [-0.2, 0) is 0 Å². The van der Waals surface area contributed by atoms with Crippen molar-refractivity contribution >= 4 is 43.6 Å². The van der Waals surface area contributed by atoms with E-state index in [2.05, 4.69) is 221 Å². The van der Waals surface area contributed by atoms with Crippen LogP contribution in [0.4, 0.5) is 0 Å². The van der Waals surface area contributed by atoms with E-state index >= 15 is 0 Å². The van der Waals surface area contributed by atoms with E-state index in [-0.39, 0.29) is 0 Å². The molecule has 7 aliphatic heterocycles. The molecule has 0 fully saturated rings. The van der Waals surface area contributed by atoms with Crippen molar-refractivity contribution in [2.75, 3.05) is 26.4 Å².